The molecule has 1 saturated carbocycles. The summed E-state index contributed by atoms with van der Waals surface area (Å²) in [5.41, 5.74) is 1.06. The van der Waals surface area contributed by atoms with Gasteiger partial charge < -0.3 is 24.0 Å². The molecule has 2 aromatic heterocycles. The minimum Gasteiger partial charge on any atom is -0.477 e. The van der Waals surface area contributed by atoms with Gasteiger partial charge in [0.2, 0.25) is 11.8 Å². The lowest BCUT2D eigenvalue weighted by Crippen LogP contribution is -2.38. The normalized spacial score (nSPS) is 20.5. The van der Waals surface area contributed by atoms with Crippen LogP contribution in [0.2, 0.25) is 0 Å². The summed E-state index contributed by atoms with van der Waals surface area (Å²) in [7, 11) is 3.89. The summed E-state index contributed by atoms with van der Waals surface area (Å²) in [5, 5.41) is 0. The Morgan fingerprint density at radius 2 is 1.84 bits per heavy atom. The smallest absolute Gasteiger partial charge is 0.296 e. The van der Waals surface area contributed by atoms with Crippen LogP contribution in [0.5, 0.6) is 5.88 Å². The first-order chi connectivity index (χ1) is 18.5. The third kappa shape index (κ3) is 6.05. The predicted molar refractivity (Wildman–Crippen MR) is 140 cm³/mol. The van der Waals surface area contributed by atoms with Crippen LogP contribution in [0, 0.1) is 5.92 Å². The van der Waals surface area contributed by atoms with E-state index in [2.05, 4.69) is 21.9 Å². The van der Waals surface area contributed by atoms with Crippen molar-refractivity contribution in [2.24, 2.45) is 5.92 Å². The molecule has 11 heteroatoms. The molecule has 0 bridgehead atoms. The molecule has 1 aliphatic carbocycles. The number of hydrogen-bond acceptors (Lipinski definition) is 8. The summed E-state index contributed by atoms with van der Waals surface area (Å²) in [6.07, 6.45) is 1.60. The van der Waals surface area contributed by atoms with Crippen LogP contribution >= 0.6 is 0 Å². The van der Waals surface area contributed by atoms with E-state index in [4.69, 9.17) is 19.2 Å². The largest absolute Gasteiger partial charge is 0.477 e. The van der Waals surface area contributed by atoms with Crippen LogP contribution in [0.25, 0.3) is 16.9 Å². The van der Waals surface area contributed by atoms with Gasteiger partial charge >= 0.3 is 0 Å². The molecule has 0 N–H and O–H groups in total. The van der Waals surface area contributed by atoms with Gasteiger partial charge in [0.25, 0.3) is 6.43 Å². The van der Waals surface area contributed by atoms with E-state index in [-0.39, 0.29) is 5.82 Å². The number of anilines is 1. The third-order valence-electron chi connectivity index (χ3n) is 7.54. The number of morpholine rings is 1. The van der Waals surface area contributed by atoms with Gasteiger partial charge in [-0.25, -0.2) is 13.8 Å². The van der Waals surface area contributed by atoms with Crippen molar-refractivity contribution in [1.82, 2.24) is 24.4 Å². The molecule has 3 aromatic rings. The fourth-order valence-corrected chi connectivity index (χ4v) is 5.30. The number of halogens is 2. The molecule has 5 rings (SSSR count). The molecule has 2 fully saturated rings. The summed E-state index contributed by atoms with van der Waals surface area (Å²) < 4.78 is 46.5. The minimum atomic E-state index is -2.76. The lowest BCUT2D eigenvalue weighted by atomic mass is 9.86. The van der Waals surface area contributed by atoms with Gasteiger partial charge in [-0.3, -0.25) is 4.57 Å². The number of ether oxygens (including phenoxy) is 3. The molecule has 9 nitrogen and oxygen atoms in total. The van der Waals surface area contributed by atoms with Crippen LogP contribution in [-0.2, 0) is 9.47 Å². The van der Waals surface area contributed by atoms with Gasteiger partial charge in [0.05, 0.1) is 37.5 Å². The maximum absolute atomic E-state index is 14.1. The molecule has 2 aliphatic rings. The average Bonchev–Trinajstić information content (AvgIpc) is 3.36. The molecule has 38 heavy (non-hydrogen) atoms. The molecular formula is C27H36F2N6O3. The highest BCUT2D eigenvalue weighted by Gasteiger charge is 2.26. The van der Waals surface area contributed by atoms with Gasteiger partial charge in [-0.1, -0.05) is 12.1 Å². The first-order valence-corrected chi connectivity index (χ1v) is 13.3. The lowest BCUT2D eigenvalue weighted by molar-refractivity contribution is 0.102. The average molecular weight is 531 g/mol. The van der Waals surface area contributed by atoms with E-state index in [0.717, 1.165) is 38.8 Å². The van der Waals surface area contributed by atoms with Gasteiger partial charge in [0.1, 0.15) is 5.82 Å². The zero-order valence-electron chi connectivity index (χ0n) is 22.1. The van der Waals surface area contributed by atoms with Crippen LogP contribution in [0.15, 0.2) is 30.3 Å². The van der Waals surface area contributed by atoms with Gasteiger partial charge in [0.15, 0.2) is 5.82 Å². The van der Waals surface area contributed by atoms with Crippen LogP contribution < -0.4 is 9.64 Å². The van der Waals surface area contributed by atoms with E-state index < -0.39 is 6.43 Å². The predicted octanol–water partition coefficient (Wildman–Crippen LogP) is 4.11. The summed E-state index contributed by atoms with van der Waals surface area (Å²) in [4.78, 5) is 17.9. The van der Waals surface area contributed by atoms with Crippen molar-refractivity contribution in [3.05, 3.63) is 36.2 Å². The zero-order valence-corrected chi connectivity index (χ0v) is 22.1. The number of benzene rings is 1. The van der Waals surface area contributed by atoms with E-state index in [9.17, 15) is 8.78 Å². The Bertz CT molecular complexity index is 1190. The van der Waals surface area contributed by atoms with E-state index >= 15 is 0 Å². The van der Waals surface area contributed by atoms with Crippen molar-refractivity contribution >= 4 is 17.0 Å². The SMILES string of the molecule is COCCN(C)C1CCC(COc2cc(-n3c(C(F)F)nc4ccccc43)nc(N3CCOCC3)n2)CC1. The van der Waals surface area contributed by atoms with Gasteiger partial charge in [-0.05, 0) is 50.8 Å². The van der Waals surface area contributed by atoms with E-state index in [1.807, 2.05) is 4.90 Å². The van der Waals surface area contributed by atoms with Crippen molar-refractivity contribution in [2.45, 2.75) is 38.2 Å². The quantitative estimate of drug-likeness (QED) is 0.388. The summed E-state index contributed by atoms with van der Waals surface area (Å²) in [6, 6.07) is 9.29. The highest BCUT2D eigenvalue weighted by atomic mass is 19.3. The first-order valence-electron chi connectivity index (χ1n) is 13.3. The number of alkyl halides is 2. The number of aromatic nitrogens is 4. The number of imidazole rings is 1. The number of nitrogens with zero attached hydrogens (tertiary/aromatic N) is 6. The monoisotopic (exact) mass is 530 g/mol. The highest BCUT2D eigenvalue weighted by Crippen LogP contribution is 2.31. The molecule has 0 radical (unpaired) electrons. The van der Waals surface area contributed by atoms with E-state index in [1.165, 1.54) is 4.57 Å². The lowest BCUT2D eigenvalue weighted by Gasteiger charge is -2.34. The Labute approximate surface area is 221 Å². The Balaban J connectivity index is 1.37. The second kappa shape index (κ2) is 12.3. The van der Waals surface area contributed by atoms with Gasteiger partial charge in [-0.2, -0.15) is 9.97 Å². The maximum Gasteiger partial charge on any atom is 0.296 e. The van der Waals surface area contributed by atoms with E-state index in [1.54, 1.807) is 37.4 Å². The van der Waals surface area contributed by atoms with Crippen molar-refractivity contribution in [3.8, 4) is 11.7 Å². The molecule has 3 heterocycles. The summed E-state index contributed by atoms with van der Waals surface area (Å²) in [5.74, 6) is 1.22. The van der Waals surface area contributed by atoms with Crippen LogP contribution in [-0.4, -0.2) is 90.7 Å². The standard InChI is InChI=1S/C27H36F2N6O3/c1-33(11-14-36-2)20-9-7-19(8-10-20)18-38-24-17-23(31-27(32-24)34-12-15-37-16-13-34)35-22-6-4-3-5-21(22)30-26(35)25(28)29/h3-6,17,19-20,25H,7-16,18H2,1-2H3. The Hall–Kier alpha value is -2.89. The van der Waals surface area contributed by atoms with Crippen molar-refractivity contribution < 1.29 is 23.0 Å². The third-order valence-corrected chi connectivity index (χ3v) is 7.54. The van der Waals surface area contributed by atoms with Gasteiger partial charge in [0, 0.05) is 38.9 Å². The minimum absolute atomic E-state index is 0.323. The first kappa shape index (κ1) is 26.7. The van der Waals surface area contributed by atoms with Crippen molar-refractivity contribution in [3.63, 3.8) is 0 Å². The van der Waals surface area contributed by atoms with Crippen LogP contribution in [0.1, 0.15) is 37.9 Å². The second-order valence-electron chi connectivity index (χ2n) is 10.0. The number of fused-ring (bicyclic) bond motifs is 1. The van der Waals surface area contributed by atoms with E-state index in [0.29, 0.717) is 73.5 Å². The topological polar surface area (TPSA) is 77.8 Å². The second-order valence-corrected chi connectivity index (χ2v) is 10.0. The molecule has 0 spiro atoms. The molecule has 1 saturated heterocycles. The number of rotatable bonds is 10. The molecule has 1 aromatic carbocycles. The maximum atomic E-state index is 14.1. The molecule has 206 valence electrons. The number of para-hydroxylation sites is 2. The molecule has 0 unspecified atom stereocenters. The molecule has 0 atom stereocenters. The van der Waals surface area contributed by atoms with Crippen molar-refractivity contribution in [2.75, 3.05) is 65.1 Å². The summed E-state index contributed by atoms with van der Waals surface area (Å²) >= 11 is 0. The number of methoxy groups -OCH3 is 1. The van der Waals surface area contributed by atoms with Crippen molar-refractivity contribution in [1.29, 1.82) is 0 Å². The van der Waals surface area contributed by atoms with Gasteiger partial charge in [-0.15, -0.1) is 0 Å². The van der Waals surface area contributed by atoms with Crippen LogP contribution in [0.3, 0.4) is 0 Å². The zero-order chi connectivity index (χ0) is 26.5. The Morgan fingerprint density at radius 3 is 2.58 bits per heavy atom. The highest BCUT2D eigenvalue weighted by molar-refractivity contribution is 5.78. The van der Waals surface area contributed by atoms with Crippen LogP contribution in [0.4, 0.5) is 14.7 Å². The number of likely N-dealkylation sites (N-methyl/N-ethyl adjacent to an activating group) is 1. The Morgan fingerprint density at radius 1 is 1.08 bits per heavy atom. The molecular weight excluding hydrogens is 494 g/mol. The molecule has 1 aliphatic heterocycles. The molecule has 0 amide bonds. The number of hydrogen-bond donors (Lipinski definition) is 0. The fourth-order valence-electron chi connectivity index (χ4n) is 5.30. The fraction of sp³-hybridized carbons (Fsp3) is 0.593. The summed E-state index contributed by atoms with van der Waals surface area (Å²) in [6.45, 7) is 4.55. The Kier molecular flexibility index (Phi) is 8.65.